The maximum Gasteiger partial charge on any atom is 0.146 e. The van der Waals surface area contributed by atoms with Gasteiger partial charge < -0.3 is 14.8 Å². The second-order valence-corrected chi connectivity index (χ2v) is 9.22. The van der Waals surface area contributed by atoms with Gasteiger partial charge in [0.25, 0.3) is 0 Å². The lowest BCUT2D eigenvalue weighted by molar-refractivity contribution is -0.196. The Balaban J connectivity index is 1.99. The Hall–Kier alpha value is -0.120. The van der Waals surface area contributed by atoms with Crippen LogP contribution < -0.4 is 5.32 Å². The molecule has 0 spiro atoms. The van der Waals surface area contributed by atoms with Crippen molar-refractivity contribution in [3.63, 3.8) is 0 Å². The maximum atomic E-state index is 5.72. The molecule has 2 unspecified atom stereocenters. The van der Waals surface area contributed by atoms with E-state index in [-0.39, 0.29) is 5.41 Å². The van der Waals surface area contributed by atoms with Crippen LogP contribution in [0.1, 0.15) is 67.2 Å². The molecular weight excluding hydrogens is 298 g/mol. The van der Waals surface area contributed by atoms with Crippen molar-refractivity contribution in [2.45, 2.75) is 67.2 Å². The first-order chi connectivity index (χ1) is 11.3. The van der Waals surface area contributed by atoms with Gasteiger partial charge in [-0.1, -0.05) is 41.5 Å². The van der Waals surface area contributed by atoms with Crippen LogP contribution in [0.25, 0.3) is 0 Å². The van der Waals surface area contributed by atoms with Gasteiger partial charge in [0.15, 0.2) is 0 Å². The normalized spacial score (nSPS) is 26.5. The van der Waals surface area contributed by atoms with Gasteiger partial charge in [-0.05, 0) is 67.9 Å². The summed E-state index contributed by atoms with van der Waals surface area (Å²) in [5, 5.41) is 3.55. The van der Waals surface area contributed by atoms with E-state index in [9.17, 15) is 0 Å². The Morgan fingerprint density at radius 3 is 1.67 bits per heavy atom. The summed E-state index contributed by atoms with van der Waals surface area (Å²) in [6.07, 6.45) is 5.28. The predicted octanol–water partition coefficient (Wildman–Crippen LogP) is 4.71. The van der Waals surface area contributed by atoms with Crippen molar-refractivity contribution in [1.29, 1.82) is 0 Å². The Labute approximate surface area is 150 Å². The average Bonchev–Trinajstić information content (AvgIpc) is 2.60. The van der Waals surface area contributed by atoms with Gasteiger partial charge in [0.05, 0.1) is 13.2 Å². The smallest absolute Gasteiger partial charge is 0.146 e. The van der Waals surface area contributed by atoms with Crippen LogP contribution in [0, 0.1) is 34.5 Å². The van der Waals surface area contributed by atoms with Crippen molar-refractivity contribution in [3.8, 4) is 0 Å². The predicted molar refractivity (Wildman–Crippen MR) is 101 cm³/mol. The molecule has 3 nitrogen and oxygen atoms in total. The Kier molecular flexibility index (Phi) is 7.16. The molecule has 142 valence electrons. The van der Waals surface area contributed by atoms with E-state index >= 15 is 0 Å². The lowest BCUT2D eigenvalue weighted by Crippen LogP contribution is -2.47. The van der Waals surface area contributed by atoms with Crippen LogP contribution in [0.4, 0.5) is 0 Å². The Morgan fingerprint density at radius 2 is 1.21 bits per heavy atom. The van der Waals surface area contributed by atoms with Crippen LogP contribution >= 0.6 is 0 Å². The number of hydrogen-bond acceptors (Lipinski definition) is 3. The second-order valence-electron chi connectivity index (χ2n) is 9.22. The molecule has 2 heterocycles. The summed E-state index contributed by atoms with van der Waals surface area (Å²) in [4.78, 5) is 0. The van der Waals surface area contributed by atoms with Gasteiger partial charge in [-0.2, -0.15) is 0 Å². The van der Waals surface area contributed by atoms with E-state index in [1.807, 2.05) is 0 Å². The first-order valence-electron chi connectivity index (χ1n) is 10.2. The van der Waals surface area contributed by atoms with E-state index in [1.54, 1.807) is 0 Å². The molecule has 1 N–H and O–H groups in total. The van der Waals surface area contributed by atoms with E-state index in [4.69, 9.17) is 9.47 Å². The minimum Gasteiger partial charge on any atom is -0.355 e. The molecule has 2 aliphatic rings. The summed E-state index contributed by atoms with van der Waals surface area (Å²) in [6, 6.07) is 0. The van der Waals surface area contributed by atoms with Crippen LogP contribution in [0.5, 0.6) is 0 Å². The minimum absolute atomic E-state index is 0.192. The van der Waals surface area contributed by atoms with E-state index in [1.165, 1.54) is 38.8 Å². The summed E-state index contributed by atoms with van der Waals surface area (Å²) in [7, 11) is 0. The molecule has 24 heavy (non-hydrogen) atoms. The first-order valence-corrected chi connectivity index (χ1v) is 10.2. The number of nitrogens with one attached hydrogen (secondary N) is 1. The molecule has 0 radical (unpaired) electrons. The Morgan fingerprint density at radius 1 is 0.750 bits per heavy atom. The van der Waals surface area contributed by atoms with Crippen LogP contribution in [-0.2, 0) is 9.47 Å². The molecular formula is C21H41NO2. The van der Waals surface area contributed by atoms with Gasteiger partial charge in [-0.15, -0.1) is 0 Å². The molecule has 0 aromatic heterocycles. The van der Waals surface area contributed by atoms with Crippen LogP contribution in [0.3, 0.4) is 0 Å². The zero-order valence-electron chi connectivity index (χ0n) is 17.0. The largest absolute Gasteiger partial charge is 0.355 e. The summed E-state index contributed by atoms with van der Waals surface area (Å²) in [5.41, 5.74) is 0.715. The van der Waals surface area contributed by atoms with Gasteiger partial charge in [0.2, 0.25) is 0 Å². The third-order valence-corrected chi connectivity index (χ3v) is 7.74. The van der Waals surface area contributed by atoms with Crippen molar-refractivity contribution in [2.75, 3.05) is 33.1 Å². The molecule has 2 atom stereocenters. The summed E-state index contributed by atoms with van der Waals surface area (Å²) >= 11 is 0. The highest BCUT2D eigenvalue weighted by atomic mass is 16.7. The fourth-order valence-corrected chi connectivity index (χ4v) is 5.36. The highest BCUT2D eigenvalue weighted by Crippen LogP contribution is 2.47. The standard InChI is InChI=1S/C21H41NO2/c1-16(2)20(9-11-22-12-10-20)18(5)7-8-19(6)21(17(3)4)13-23-15-24-14-21/h16-19,22H,7-15H2,1-6H3. The summed E-state index contributed by atoms with van der Waals surface area (Å²) in [5.74, 6) is 2.80. The monoisotopic (exact) mass is 339 g/mol. The average molecular weight is 340 g/mol. The highest BCUT2D eigenvalue weighted by Gasteiger charge is 2.44. The van der Waals surface area contributed by atoms with Crippen molar-refractivity contribution in [3.05, 3.63) is 0 Å². The van der Waals surface area contributed by atoms with E-state index in [0.29, 0.717) is 24.0 Å². The topological polar surface area (TPSA) is 30.5 Å². The summed E-state index contributed by atoms with van der Waals surface area (Å²) in [6.45, 7) is 19.0. The zero-order valence-corrected chi connectivity index (χ0v) is 17.0. The first kappa shape index (κ1) is 20.2. The van der Waals surface area contributed by atoms with Gasteiger partial charge in [-0.25, -0.2) is 0 Å². The van der Waals surface area contributed by atoms with E-state index < -0.39 is 0 Å². The molecule has 3 heteroatoms. The van der Waals surface area contributed by atoms with Crippen molar-refractivity contribution in [1.82, 2.24) is 5.32 Å². The quantitative estimate of drug-likeness (QED) is 0.728. The van der Waals surface area contributed by atoms with Gasteiger partial charge >= 0.3 is 0 Å². The lowest BCUT2D eigenvalue weighted by Gasteiger charge is -2.48. The lowest BCUT2D eigenvalue weighted by atomic mass is 9.60. The maximum absolute atomic E-state index is 5.72. The molecule has 0 aromatic carbocycles. The fraction of sp³-hybridized carbons (Fsp3) is 1.00. The molecule has 0 aliphatic carbocycles. The number of hydrogen-bond donors (Lipinski definition) is 1. The third kappa shape index (κ3) is 3.99. The molecule has 0 aromatic rings. The van der Waals surface area contributed by atoms with Crippen molar-refractivity contribution in [2.24, 2.45) is 34.5 Å². The fourth-order valence-electron chi connectivity index (χ4n) is 5.36. The van der Waals surface area contributed by atoms with Crippen LogP contribution in [0.2, 0.25) is 0 Å². The van der Waals surface area contributed by atoms with Gasteiger partial charge in [0.1, 0.15) is 6.79 Å². The number of piperidine rings is 1. The Bertz CT molecular complexity index is 332. The molecule has 2 saturated heterocycles. The SMILES string of the molecule is CC(C)C1(C(C)CCC(C)C2(C(C)C)COCOC2)CCNCC1. The van der Waals surface area contributed by atoms with Gasteiger partial charge in [-0.3, -0.25) is 0 Å². The highest BCUT2D eigenvalue weighted by molar-refractivity contribution is 4.93. The molecule has 0 amide bonds. The van der Waals surface area contributed by atoms with E-state index in [2.05, 4.69) is 46.9 Å². The second kappa shape index (κ2) is 8.51. The molecule has 2 rings (SSSR count). The van der Waals surface area contributed by atoms with Crippen molar-refractivity contribution >= 4 is 0 Å². The summed E-state index contributed by atoms with van der Waals surface area (Å²) < 4.78 is 11.4. The molecule has 2 fully saturated rings. The molecule has 2 aliphatic heterocycles. The van der Waals surface area contributed by atoms with Crippen molar-refractivity contribution < 1.29 is 9.47 Å². The minimum atomic E-state index is 0.192. The van der Waals surface area contributed by atoms with Crippen LogP contribution in [0.15, 0.2) is 0 Å². The third-order valence-electron chi connectivity index (χ3n) is 7.74. The van der Waals surface area contributed by atoms with Crippen LogP contribution in [-0.4, -0.2) is 33.1 Å². The molecule has 0 saturated carbocycles. The number of ether oxygens (including phenoxy) is 2. The zero-order chi connectivity index (χ0) is 17.8. The van der Waals surface area contributed by atoms with E-state index in [0.717, 1.165) is 25.0 Å². The number of rotatable bonds is 7. The van der Waals surface area contributed by atoms with Gasteiger partial charge in [0, 0.05) is 5.41 Å². The molecule has 0 bridgehead atoms.